The van der Waals surface area contributed by atoms with Crippen LogP contribution in [0.2, 0.25) is 0 Å². The number of hydrogen-bond acceptors (Lipinski definition) is 3. The van der Waals surface area contributed by atoms with E-state index in [0.717, 1.165) is 11.8 Å². The first-order chi connectivity index (χ1) is 8.92. The lowest BCUT2D eigenvalue weighted by Gasteiger charge is -2.06. The first kappa shape index (κ1) is 13.7. The minimum atomic E-state index is -3.56. The number of sulfone groups is 1. The lowest BCUT2D eigenvalue weighted by Crippen LogP contribution is -2.10. The van der Waals surface area contributed by atoms with Crippen LogP contribution in [-0.4, -0.2) is 18.2 Å². The van der Waals surface area contributed by atoms with Gasteiger partial charge in [-0.3, -0.25) is 4.68 Å². The van der Waals surface area contributed by atoms with Gasteiger partial charge in [-0.2, -0.15) is 5.10 Å². The van der Waals surface area contributed by atoms with Crippen molar-refractivity contribution < 1.29 is 12.8 Å². The van der Waals surface area contributed by atoms with Crippen molar-refractivity contribution in [1.82, 2.24) is 9.78 Å². The smallest absolute Gasteiger partial charge is 0.184 e. The van der Waals surface area contributed by atoms with Gasteiger partial charge in [-0.15, -0.1) is 0 Å². The molecular formula is C13H15FN2O2S. The number of rotatable bonds is 4. The molecule has 1 aromatic carbocycles. The van der Waals surface area contributed by atoms with E-state index in [1.54, 1.807) is 10.7 Å². The second-order valence-corrected chi connectivity index (χ2v) is 6.30. The van der Waals surface area contributed by atoms with Gasteiger partial charge in [0.1, 0.15) is 5.82 Å². The molecule has 0 bridgehead atoms. The maximum atomic E-state index is 13.1. The molecule has 0 saturated heterocycles. The van der Waals surface area contributed by atoms with Gasteiger partial charge in [0, 0.05) is 6.54 Å². The molecular weight excluding hydrogens is 267 g/mol. The fourth-order valence-corrected chi connectivity index (χ4v) is 3.29. The van der Waals surface area contributed by atoms with Crippen LogP contribution in [-0.2, 0) is 22.1 Å². The number of benzene rings is 1. The SMILES string of the molecule is CCn1nc(C)cc1CS(=O)(=O)c1cccc(F)c1. The van der Waals surface area contributed by atoms with Gasteiger partial charge in [-0.05, 0) is 38.1 Å². The molecule has 2 aromatic rings. The Kier molecular flexibility index (Phi) is 3.71. The molecule has 1 heterocycles. The first-order valence-electron chi connectivity index (χ1n) is 5.94. The molecule has 0 spiro atoms. The summed E-state index contributed by atoms with van der Waals surface area (Å²) < 4.78 is 39.2. The van der Waals surface area contributed by atoms with Crippen LogP contribution >= 0.6 is 0 Å². The third-order valence-corrected chi connectivity index (χ3v) is 4.43. The first-order valence-corrected chi connectivity index (χ1v) is 7.59. The largest absolute Gasteiger partial charge is 0.269 e. The van der Waals surface area contributed by atoms with Crippen LogP contribution in [0.15, 0.2) is 35.2 Å². The summed E-state index contributed by atoms with van der Waals surface area (Å²) in [6.45, 7) is 4.30. The van der Waals surface area contributed by atoms with E-state index in [2.05, 4.69) is 5.10 Å². The van der Waals surface area contributed by atoms with Gasteiger partial charge in [0.2, 0.25) is 0 Å². The Morgan fingerprint density at radius 1 is 1.32 bits per heavy atom. The van der Waals surface area contributed by atoms with Gasteiger partial charge in [-0.1, -0.05) is 6.07 Å². The van der Waals surface area contributed by atoms with Crippen LogP contribution in [0.5, 0.6) is 0 Å². The molecule has 0 saturated carbocycles. The molecule has 0 N–H and O–H groups in total. The molecule has 0 unspecified atom stereocenters. The minimum Gasteiger partial charge on any atom is -0.269 e. The zero-order chi connectivity index (χ0) is 14.0. The maximum absolute atomic E-state index is 13.1. The highest BCUT2D eigenvalue weighted by Crippen LogP contribution is 2.18. The Bertz CT molecular complexity index is 692. The lowest BCUT2D eigenvalue weighted by molar-refractivity contribution is 0.582. The van der Waals surface area contributed by atoms with Gasteiger partial charge in [0.05, 0.1) is 22.0 Å². The predicted octanol–water partition coefficient (Wildman–Crippen LogP) is 2.32. The Labute approximate surface area is 111 Å². The van der Waals surface area contributed by atoms with E-state index < -0.39 is 15.7 Å². The van der Waals surface area contributed by atoms with E-state index in [4.69, 9.17) is 0 Å². The Morgan fingerprint density at radius 3 is 2.68 bits per heavy atom. The van der Waals surface area contributed by atoms with E-state index in [9.17, 15) is 12.8 Å². The van der Waals surface area contributed by atoms with Crippen molar-refractivity contribution in [2.75, 3.05) is 0 Å². The predicted molar refractivity (Wildman–Crippen MR) is 69.9 cm³/mol. The molecule has 6 heteroatoms. The molecule has 0 fully saturated rings. The Balaban J connectivity index is 2.36. The van der Waals surface area contributed by atoms with Crippen molar-refractivity contribution in [1.29, 1.82) is 0 Å². The van der Waals surface area contributed by atoms with Crippen molar-refractivity contribution in [2.24, 2.45) is 0 Å². The summed E-state index contributed by atoms with van der Waals surface area (Å²) in [5.41, 5.74) is 1.38. The normalized spacial score (nSPS) is 11.7. The molecule has 2 rings (SSSR count). The van der Waals surface area contributed by atoms with Crippen molar-refractivity contribution in [3.8, 4) is 0 Å². The van der Waals surface area contributed by atoms with E-state index in [-0.39, 0.29) is 10.6 Å². The molecule has 1 aromatic heterocycles. The van der Waals surface area contributed by atoms with Crippen LogP contribution in [0.4, 0.5) is 4.39 Å². The highest BCUT2D eigenvalue weighted by atomic mass is 32.2. The summed E-state index contributed by atoms with van der Waals surface area (Å²) in [4.78, 5) is -0.00555. The van der Waals surface area contributed by atoms with E-state index in [1.807, 2.05) is 13.8 Å². The van der Waals surface area contributed by atoms with Crippen LogP contribution in [0.25, 0.3) is 0 Å². The standard InChI is InChI=1S/C13H15FN2O2S/c1-3-16-12(7-10(2)15-16)9-19(17,18)13-6-4-5-11(14)8-13/h4-8H,3,9H2,1-2H3. The second-order valence-electron chi connectivity index (χ2n) is 4.31. The molecule has 0 radical (unpaired) electrons. The molecule has 4 nitrogen and oxygen atoms in total. The Hall–Kier alpha value is -1.69. The number of hydrogen-bond donors (Lipinski definition) is 0. The van der Waals surface area contributed by atoms with Crippen molar-refractivity contribution in [3.05, 3.63) is 47.5 Å². The van der Waals surface area contributed by atoms with Crippen LogP contribution in [0.1, 0.15) is 18.3 Å². The highest BCUT2D eigenvalue weighted by Gasteiger charge is 2.18. The van der Waals surface area contributed by atoms with Crippen molar-refractivity contribution >= 4 is 9.84 Å². The molecule has 0 amide bonds. The third kappa shape index (κ3) is 3.01. The van der Waals surface area contributed by atoms with E-state index in [1.165, 1.54) is 18.2 Å². The molecule has 102 valence electrons. The number of aryl methyl sites for hydroxylation is 2. The Morgan fingerprint density at radius 2 is 2.05 bits per heavy atom. The molecule has 19 heavy (non-hydrogen) atoms. The molecule has 0 aliphatic heterocycles. The fraction of sp³-hybridized carbons (Fsp3) is 0.308. The van der Waals surface area contributed by atoms with E-state index >= 15 is 0 Å². The van der Waals surface area contributed by atoms with Crippen LogP contribution < -0.4 is 0 Å². The number of aromatic nitrogens is 2. The molecule has 0 atom stereocenters. The zero-order valence-electron chi connectivity index (χ0n) is 10.8. The minimum absolute atomic E-state index is 0.00555. The average molecular weight is 282 g/mol. The van der Waals surface area contributed by atoms with Crippen molar-refractivity contribution in [2.45, 2.75) is 31.0 Å². The third-order valence-electron chi connectivity index (χ3n) is 2.78. The number of nitrogens with zero attached hydrogens (tertiary/aromatic N) is 2. The summed E-state index contributed by atoms with van der Waals surface area (Å²) in [6, 6.07) is 6.79. The molecule has 0 aliphatic carbocycles. The summed E-state index contributed by atoms with van der Waals surface area (Å²) in [7, 11) is -3.56. The van der Waals surface area contributed by atoms with Gasteiger partial charge >= 0.3 is 0 Å². The quantitative estimate of drug-likeness (QED) is 0.864. The second kappa shape index (κ2) is 5.13. The highest BCUT2D eigenvalue weighted by molar-refractivity contribution is 7.90. The summed E-state index contributed by atoms with van der Waals surface area (Å²) in [5.74, 6) is -0.730. The van der Waals surface area contributed by atoms with E-state index in [0.29, 0.717) is 12.2 Å². The summed E-state index contributed by atoms with van der Waals surface area (Å²) in [6.07, 6.45) is 0. The summed E-state index contributed by atoms with van der Waals surface area (Å²) >= 11 is 0. The van der Waals surface area contributed by atoms with Crippen LogP contribution in [0, 0.1) is 12.7 Å². The van der Waals surface area contributed by atoms with Crippen LogP contribution in [0.3, 0.4) is 0 Å². The number of halogens is 1. The van der Waals surface area contributed by atoms with Gasteiger partial charge in [0.25, 0.3) is 0 Å². The van der Waals surface area contributed by atoms with Gasteiger partial charge in [0.15, 0.2) is 9.84 Å². The van der Waals surface area contributed by atoms with Crippen molar-refractivity contribution in [3.63, 3.8) is 0 Å². The monoisotopic (exact) mass is 282 g/mol. The summed E-state index contributed by atoms with van der Waals surface area (Å²) in [5, 5.41) is 4.20. The average Bonchev–Trinajstić information content (AvgIpc) is 2.68. The van der Waals surface area contributed by atoms with Gasteiger partial charge in [-0.25, -0.2) is 12.8 Å². The lowest BCUT2D eigenvalue weighted by atomic mass is 10.3. The zero-order valence-corrected chi connectivity index (χ0v) is 11.6. The molecule has 0 aliphatic rings. The van der Waals surface area contributed by atoms with Gasteiger partial charge < -0.3 is 0 Å². The fourth-order valence-electron chi connectivity index (χ4n) is 1.93. The maximum Gasteiger partial charge on any atom is 0.184 e. The topological polar surface area (TPSA) is 52.0 Å².